The largest absolute Gasteiger partial charge is 0.497 e. The molecule has 0 saturated carbocycles. The van der Waals surface area contributed by atoms with Crippen LogP contribution in [-0.2, 0) is 17.8 Å². The van der Waals surface area contributed by atoms with E-state index in [4.69, 9.17) is 9.84 Å². The average molecular weight is 295 g/mol. The number of methoxy groups -OCH3 is 1. The van der Waals surface area contributed by atoms with Gasteiger partial charge in [0, 0.05) is 23.6 Å². The van der Waals surface area contributed by atoms with Crippen LogP contribution in [-0.4, -0.2) is 22.8 Å². The van der Waals surface area contributed by atoms with Gasteiger partial charge in [0.05, 0.1) is 13.5 Å². The molecule has 0 atom stereocenters. The topological polar surface area (TPSA) is 51.5 Å². The first-order chi connectivity index (χ1) is 10.7. The third kappa shape index (κ3) is 2.81. The summed E-state index contributed by atoms with van der Waals surface area (Å²) in [5.41, 5.74) is 3.04. The maximum atomic E-state index is 11.0. The summed E-state index contributed by atoms with van der Waals surface area (Å²) in [6, 6.07) is 15.8. The summed E-state index contributed by atoms with van der Waals surface area (Å²) in [5, 5.41) is 10.1. The van der Waals surface area contributed by atoms with Gasteiger partial charge in [-0.1, -0.05) is 30.3 Å². The van der Waals surface area contributed by atoms with Gasteiger partial charge in [-0.3, -0.25) is 4.79 Å². The lowest BCUT2D eigenvalue weighted by Gasteiger charge is -2.06. The first-order valence-electron chi connectivity index (χ1n) is 7.09. The second kappa shape index (κ2) is 5.93. The van der Waals surface area contributed by atoms with Crippen LogP contribution in [0.15, 0.2) is 54.7 Å². The van der Waals surface area contributed by atoms with E-state index in [2.05, 4.69) is 4.57 Å². The van der Waals surface area contributed by atoms with Crippen molar-refractivity contribution in [3.05, 3.63) is 65.9 Å². The number of benzene rings is 2. The third-order valence-electron chi connectivity index (χ3n) is 3.72. The standard InChI is InChI=1S/C18H17NO3/c1-22-15-8-6-13(7-9-15)11-19-12-14(10-18(20)21)16-4-2-3-5-17(16)19/h2-9,12H,10-11H2,1H3,(H,20,21). The summed E-state index contributed by atoms with van der Waals surface area (Å²) in [7, 11) is 1.65. The number of carbonyl (C=O) groups is 1. The number of hydrogen-bond donors (Lipinski definition) is 1. The number of fused-ring (bicyclic) bond motifs is 1. The van der Waals surface area contributed by atoms with E-state index in [1.807, 2.05) is 54.7 Å². The summed E-state index contributed by atoms with van der Waals surface area (Å²) in [6.45, 7) is 0.699. The molecular weight excluding hydrogens is 278 g/mol. The van der Waals surface area contributed by atoms with Crippen molar-refractivity contribution in [1.29, 1.82) is 0 Å². The molecule has 0 aliphatic rings. The Kier molecular flexibility index (Phi) is 3.83. The first-order valence-corrected chi connectivity index (χ1v) is 7.09. The Bertz CT molecular complexity index is 803. The van der Waals surface area contributed by atoms with Crippen LogP contribution < -0.4 is 4.74 Å². The molecule has 4 nitrogen and oxygen atoms in total. The summed E-state index contributed by atoms with van der Waals surface area (Å²) < 4.78 is 7.26. The number of carboxylic acids is 1. The molecule has 0 radical (unpaired) electrons. The number of aromatic nitrogens is 1. The van der Waals surface area contributed by atoms with Crippen molar-refractivity contribution in [2.24, 2.45) is 0 Å². The SMILES string of the molecule is COc1ccc(Cn2cc(CC(=O)O)c3ccccc32)cc1. The van der Waals surface area contributed by atoms with Crippen molar-refractivity contribution in [3.8, 4) is 5.75 Å². The Balaban J connectivity index is 1.97. The number of carboxylic acid groups (broad SMARTS) is 1. The molecule has 112 valence electrons. The van der Waals surface area contributed by atoms with Crippen molar-refractivity contribution in [2.45, 2.75) is 13.0 Å². The highest BCUT2D eigenvalue weighted by Gasteiger charge is 2.11. The number of nitrogens with zero attached hydrogens (tertiary/aromatic N) is 1. The van der Waals surface area contributed by atoms with Crippen LogP contribution in [0.5, 0.6) is 5.75 Å². The minimum absolute atomic E-state index is 0.0378. The van der Waals surface area contributed by atoms with Crippen LogP contribution in [0.3, 0.4) is 0 Å². The van der Waals surface area contributed by atoms with E-state index in [0.29, 0.717) is 6.54 Å². The van der Waals surface area contributed by atoms with Crippen LogP contribution >= 0.6 is 0 Å². The third-order valence-corrected chi connectivity index (χ3v) is 3.72. The van der Waals surface area contributed by atoms with Gasteiger partial charge in [-0.2, -0.15) is 0 Å². The van der Waals surface area contributed by atoms with Crippen molar-refractivity contribution < 1.29 is 14.6 Å². The summed E-state index contributed by atoms with van der Waals surface area (Å²) in [5.74, 6) is 0.0139. The molecule has 1 aromatic heterocycles. The molecule has 0 fully saturated rings. The molecule has 0 saturated heterocycles. The predicted molar refractivity (Wildman–Crippen MR) is 85.4 cm³/mol. The number of hydrogen-bond acceptors (Lipinski definition) is 2. The molecular formula is C18H17NO3. The lowest BCUT2D eigenvalue weighted by Crippen LogP contribution is -2.00. The van der Waals surface area contributed by atoms with Gasteiger partial charge in [0.15, 0.2) is 0 Å². The predicted octanol–water partition coefficient (Wildman–Crippen LogP) is 3.33. The van der Waals surface area contributed by atoms with Gasteiger partial charge >= 0.3 is 5.97 Å². The molecule has 0 unspecified atom stereocenters. The summed E-state index contributed by atoms with van der Waals surface area (Å²) in [4.78, 5) is 11.0. The molecule has 0 aliphatic carbocycles. The average Bonchev–Trinajstić information content (AvgIpc) is 2.86. The molecule has 1 heterocycles. The number of aliphatic carboxylic acids is 1. The maximum Gasteiger partial charge on any atom is 0.307 e. The maximum absolute atomic E-state index is 11.0. The van der Waals surface area contributed by atoms with E-state index >= 15 is 0 Å². The highest BCUT2D eigenvalue weighted by Crippen LogP contribution is 2.23. The fourth-order valence-electron chi connectivity index (χ4n) is 2.69. The van der Waals surface area contributed by atoms with Crippen LogP contribution in [0.25, 0.3) is 10.9 Å². The Morgan fingerprint density at radius 3 is 2.55 bits per heavy atom. The van der Waals surface area contributed by atoms with Crippen molar-refractivity contribution in [1.82, 2.24) is 4.57 Å². The van der Waals surface area contributed by atoms with Crippen LogP contribution in [0.1, 0.15) is 11.1 Å². The number of para-hydroxylation sites is 1. The molecule has 3 rings (SSSR count). The highest BCUT2D eigenvalue weighted by molar-refractivity contribution is 5.87. The molecule has 0 spiro atoms. The monoisotopic (exact) mass is 295 g/mol. The Hall–Kier alpha value is -2.75. The zero-order chi connectivity index (χ0) is 15.5. The normalized spacial score (nSPS) is 10.8. The van der Waals surface area contributed by atoms with Gasteiger partial charge in [-0.25, -0.2) is 0 Å². The zero-order valence-electron chi connectivity index (χ0n) is 12.3. The zero-order valence-corrected chi connectivity index (χ0v) is 12.3. The Labute approximate surface area is 128 Å². The highest BCUT2D eigenvalue weighted by atomic mass is 16.5. The van der Waals surface area contributed by atoms with Crippen molar-refractivity contribution in [2.75, 3.05) is 7.11 Å². The minimum Gasteiger partial charge on any atom is -0.497 e. The molecule has 4 heteroatoms. The first kappa shape index (κ1) is 14.2. The van der Waals surface area contributed by atoms with E-state index in [9.17, 15) is 4.79 Å². The van der Waals surface area contributed by atoms with E-state index in [-0.39, 0.29) is 6.42 Å². The van der Waals surface area contributed by atoms with Crippen LogP contribution in [0.4, 0.5) is 0 Å². The molecule has 1 N–H and O–H groups in total. The molecule has 0 bridgehead atoms. The van der Waals surface area contributed by atoms with E-state index in [1.54, 1.807) is 7.11 Å². The Morgan fingerprint density at radius 1 is 1.14 bits per heavy atom. The summed E-state index contributed by atoms with van der Waals surface area (Å²) >= 11 is 0. The van der Waals surface area contributed by atoms with Gasteiger partial charge in [0.2, 0.25) is 0 Å². The van der Waals surface area contributed by atoms with Crippen LogP contribution in [0, 0.1) is 0 Å². The quantitative estimate of drug-likeness (QED) is 0.785. The second-order valence-electron chi connectivity index (χ2n) is 5.22. The number of ether oxygens (including phenoxy) is 1. The number of rotatable bonds is 5. The molecule has 2 aromatic carbocycles. The van der Waals surface area contributed by atoms with Gasteiger partial charge < -0.3 is 14.4 Å². The van der Waals surface area contributed by atoms with E-state index in [1.165, 1.54) is 0 Å². The van der Waals surface area contributed by atoms with Crippen molar-refractivity contribution >= 4 is 16.9 Å². The van der Waals surface area contributed by atoms with E-state index in [0.717, 1.165) is 27.8 Å². The molecule has 22 heavy (non-hydrogen) atoms. The van der Waals surface area contributed by atoms with Crippen molar-refractivity contribution in [3.63, 3.8) is 0 Å². The lowest BCUT2D eigenvalue weighted by molar-refractivity contribution is -0.136. The van der Waals surface area contributed by atoms with Gasteiger partial charge in [0.1, 0.15) is 5.75 Å². The Morgan fingerprint density at radius 2 is 1.86 bits per heavy atom. The molecule has 0 amide bonds. The van der Waals surface area contributed by atoms with Gasteiger partial charge in [-0.05, 0) is 29.3 Å². The van der Waals surface area contributed by atoms with Gasteiger partial charge in [0.25, 0.3) is 0 Å². The lowest BCUT2D eigenvalue weighted by atomic mass is 10.1. The second-order valence-corrected chi connectivity index (χ2v) is 5.22. The molecule has 3 aromatic rings. The fourth-order valence-corrected chi connectivity index (χ4v) is 2.69. The van der Waals surface area contributed by atoms with E-state index < -0.39 is 5.97 Å². The smallest absolute Gasteiger partial charge is 0.307 e. The summed E-state index contributed by atoms with van der Waals surface area (Å²) in [6.07, 6.45) is 1.97. The fraction of sp³-hybridized carbons (Fsp3) is 0.167. The van der Waals surface area contributed by atoms with Gasteiger partial charge in [-0.15, -0.1) is 0 Å². The minimum atomic E-state index is -0.813. The molecule has 0 aliphatic heterocycles. The van der Waals surface area contributed by atoms with Crippen LogP contribution in [0.2, 0.25) is 0 Å².